The molecule has 20 heavy (non-hydrogen) atoms. The normalized spacial score (nSPS) is 10.3. The highest BCUT2D eigenvalue weighted by Gasteiger charge is 2.12. The maximum absolute atomic E-state index is 13.5. The molecule has 0 aliphatic carbocycles. The van der Waals surface area contributed by atoms with E-state index in [4.69, 9.17) is 5.11 Å². The molecule has 0 saturated heterocycles. The summed E-state index contributed by atoms with van der Waals surface area (Å²) in [6, 6.07) is 3.00. The minimum Gasteiger partial charge on any atom is -0.478 e. The zero-order valence-corrected chi connectivity index (χ0v) is 12.1. The lowest BCUT2D eigenvalue weighted by Crippen LogP contribution is -2.10. The average Bonchev–Trinajstić information content (AvgIpc) is 2.41. The summed E-state index contributed by atoms with van der Waals surface area (Å²) in [7, 11) is 0. The number of carbonyl (C=O) groups is 1. The number of aromatic nitrogens is 2. The number of aromatic carboxylic acids is 1. The van der Waals surface area contributed by atoms with Gasteiger partial charge in [-0.1, -0.05) is 0 Å². The molecule has 0 radical (unpaired) electrons. The molecule has 0 aliphatic heterocycles. The molecule has 0 atom stereocenters. The number of rotatable bonds is 4. The first-order valence-corrected chi connectivity index (χ1v) is 6.50. The number of benzene rings is 1. The quantitative estimate of drug-likeness (QED) is 0.895. The Morgan fingerprint density at radius 3 is 2.95 bits per heavy atom. The predicted octanol–water partition coefficient (Wildman–Crippen LogP) is 3.00. The second kappa shape index (κ2) is 5.96. The van der Waals surface area contributed by atoms with Gasteiger partial charge in [0.05, 0.1) is 16.7 Å². The highest BCUT2D eigenvalue weighted by atomic mass is 79.9. The van der Waals surface area contributed by atoms with Gasteiger partial charge in [-0.05, 0) is 40.5 Å². The lowest BCUT2D eigenvalue weighted by Gasteiger charge is -2.11. The van der Waals surface area contributed by atoms with Crippen LogP contribution in [0.4, 0.5) is 10.1 Å². The van der Waals surface area contributed by atoms with Crippen molar-refractivity contribution in [1.29, 1.82) is 0 Å². The Morgan fingerprint density at radius 1 is 1.50 bits per heavy atom. The summed E-state index contributed by atoms with van der Waals surface area (Å²) in [6.07, 6.45) is 2.51. The van der Waals surface area contributed by atoms with Gasteiger partial charge in [-0.25, -0.2) is 19.2 Å². The van der Waals surface area contributed by atoms with E-state index in [0.717, 1.165) is 5.56 Å². The Morgan fingerprint density at radius 2 is 2.25 bits per heavy atom. The van der Waals surface area contributed by atoms with Crippen LogP contribution in [0.1, 0.15) is 21.6 Å². The number of carboxylic acids is 1. The zero-order valence-electron chi connectivity index (χ0n) is 10.5. The van der Waals surface area contributed by atoms with Crippen molar-refractivity contribution in [1.82, 2.24) is 9.97 Å². The molecule has 0 unspecified atom stereocenters. The minimum atomic E-state index is -1.10. The standard InChI is InChI=1S/C13H11BrFN3O2/c1-7-2-9(14)10(15)3-11(7)17-5-12-8(13(19)20)4-16-6-18-12/h2-4,6,17H,5H2,1H3,(H,19,20). The summed E-state index contributed by atoms with van der Waals surface area (Å²) in [6.45, 7) is 2.00. The molecule has 7 heteroatoms. The summed E-state index contributed by atoms with van der Waals surface area (Å²) >= 11 is 3.11. The number of hydrogen-bond acceptors (Lipinski definition) is 4. The molecule has 0 aliphatic rings. The molecule has 0 spiro atoms. The molecule has 5 nitrogen and oxygen atoms in total. The first-order chi connectivity index (χ1) is 9.49. The maximum atomic E-state index is 13.5. The summed E-state index contributed by atoms with van der Waals surface area (Å²) in [5.41, 5.74) is 1.79. The van der Waals surface area contributed by atoms with Gasteiger partial charge in [-0.2, -0.15) is 0 Å². The van der Waals surface area contributed by atoms with Crippen molar-refractivity contribution in [3.63, 3.8) is 0 Å². The van der Waals surface area contributed by atoms with Crippen molar-refractivity contribution in [2.45, 2.75) is 13.5 Å². The molecule has 1 aromatic carbocycles. The molecule has 0 amide bonds. The molecular formula is C13H11BrFN3O2. The first-order valence-electron chi connectivity index (χ1n) is 5.70. The van der Waals surface area contributed by atoms with Crippen LogP contribution in [0.2, 0.25) is 0 Å². The molecule has 0 fully saturated rings. The number of halogens is 2. The highest BCUT2D eigenvalue weighted by molar-refractivity contribution is 9.10. The number of carboxylic acid groups (broad SMARTS) is 1. The third-order valence-electron chi connectivity index (χ3n) is 2.74. The Labute approximate surface area is 123 Å². The van der Waals surface area contributed by atoms with Crippen LogP contribution >= 0.6 is 15.9 Å². The summed E-state index contributed by atoms with van der Waals surface area (Å²) < 4.78 is 13.9. The Bertz CT molecular complexity index is 664. The molecule has 1 aromatic heterocycles. The van der Waals surface area contributed by atoms with Gasteiger partial charge < -0.3 is 10.4 Å². The molecule has 104 valence electrons. The third-order valence-corrected chi connectivity index (χ3v) is 3.35. The second-order valence-electron chi connectivity index (χ2n) is 4.12. The van der Waals surface area contributed by atoms with Gasteiger partial charge >= 0.3 is 5.97 Å². The molecule has 0 saturated carbocycles. The van der Waals surface area contributed by atoms with Crippen molar-refractivity contribution in [2.75, 3.05) is 5.32 Å². The predicted molar refractivity (Wildman–Crippen MR) is 75.2 cm³/mol. The van der Waals surface area contributed by atoms with Gasteiger partial charge in [-0.15, -0.1) is 0 Å². The largest absolute Gasteiger partial charge is 0.478 e. The van der Waals surface area contributed by atoms with E-state index in [1.165, 1.54) is 18.6 Å². The molecular weight excluding hydrogens is 329 g/mol. The third kappa shape index (κ3) is 3.11. The fourth-order valence-electron chi connectivity index (χ4n) is 1.69. The highest BCUT2D eigenvalue weighted by Crippen LogP contribution is 2.24. The Balaban J connectivity index is 2.21. The molecule has 2 aromatic rings. The van der Waals surface area contributed by atoms with Crippen molar-refractivity contribution < 1.29 is 14.3 Å². The van der Waals surface area contributed by atoms with Gasteiger partial charge in [0, 0.05) is 11.9 Å². The topological polar surface area (TPSA) is 75.1 Å². The van der Waals surface area contributed by atoms with Crippen LogP contribution in [-0.4, -0.2) is 21.0 Å². The van der Waals surface area contributed by atoms with E-state index >= 15 is 0 Å². The maximum Gasteiger partial charge on any atom is 0.339 e. The van der Waals surface area contributed by atoms with E-state index in [-0.39, 0.29) is 17.9 Å². The van der Waals surface area contributed by atoms with Gasteiger partial charge in [0.1, 0.15) is 17.7 Å². The van der Waals surface area contributed by atoms with E-state index in [2.05, 4.69) is 31.2 Å². The lowest BCUT2D eigenvalue weighted by atomic mass is 10.2. The average molecular weight is 340 g/mol. The van der Waals surface area contributed by atoms with Crippen molar-refractivity contribution in [3.8, 4) is 0 Å². The van der Waals surface area contributed by atoms with E-state index < -0.39 is 5.97 Å². The Kier molecular flexibility index (Phi) is 4.29. The van der Waals surface area contributed by atoms with Crippen LogP contribution in [0.5, 0.6) is 0 Å². The molecule has 0 bridgehead atoms. The lowest BCUT2D eigenvalue weighted by molar-refractivity contribution is 0.0694. The smallest absolute Gasteiger partial charge is 0.339 e. The zero-order chi connectivity index (χ0) is 14.7. The van der Waals surface area contributed by atoms with Crippen LogP contribution in [0.15, 0.2) is 29.1 Å². The SMILES string of the molecule is Cc1cc(Br)c(F)cc1NCc1ncncc1C(=O)O. The van der Waals surface area contributed by atoms with E-state index in [9.17, 15) is 9.18 Å². The van der Waals surface area contributed by atoms with Crippen molar-refractivity contribution in [3.05, 3.63) is 51.8 Å². The number of aryl methyl sites for hydroxylation is 1. The van der Waals surface area contributed by atoms with Gasteiger partial charge in [-0.3, -0.25) is 0 Å². The van der Waals surface area contributed by atoms with E-state index in [0.29, 0.717) is 15.9 Å². The minimum absolute atomic E-state index is 0.0234. The second-order valence-corrected chi connectivity index (χ2v) is 4.98. The van der Waals surface area contributed by atoms with Crippen molar-refractivity contribution >= 4 is 27.6 Å². The van der Waals surface area contributed by atoms with Crippen LogP contribution in [0.25, 0.3) is 0 Å². The fraction of sp³-hybridized carbons (Fsp3) is 0.154. The van der Waals surface area contributed by atoms with E-state index in [1.807, 2.05) is 6.92 Å². The van der Waals surface area contributed by atoms with E-state index in [1.54, 1.807) is 6.07 Å². The van der Waals surface area contributed by atoms with Gasteiger partial charge in [0.2, 0.25) is 0 Å². The van der Waals surface area contributed by atoms with Crippen LogP contribution in [0.3, 0.4) is 0 Å². The number of anilines is 1. The van der Waals surface area contributed by atoms with Crippen LogP contribution in [0, 0.1) is 12.7 Å². The first kappa shape index (κ1) is 14.4. The van der Waals surface area contributed by atoms with Gasteiger partial charge in [0.25, 0.3) is 0 Å². The summed E-state index contributed by atoms with van der Waals surface area (Å²) in [5.74, 6) is -1.49. The number of nitrogens with one attached hydrogen (secondary N) is 1. The summed E-state index contributed by atoms with van der Waals surface area (Å²) in [4.78, 5) is 18.6. The van der Waals surface area contributed by atoms with Gasteiger partial charge in [0.15, 0.2) is 0 Å². The Hall–Kier alpha value is -2.02. The molecule has 2 rings (SSSR count). The molecule has 2 N–H and O–H groups in total. The molecule has 1 heterocycles. The van der Waals surface area contributed by atoms with Crippen molar-refractivity contribution in [2.24, 2.45) is 0 Å². The van der Waals surface area contributed by atoms with Crippen LogP contribution < -0.4 is 5.32 Å². The number of hydrogen-bond donors (Lipinski definition) is 2. The summed E-state index contributed by atoms with van der Waals surface area (Å²) in [5, 5.41) is 12.0. The number of nitrogens with zero attached hydrogens (tertiary/aromatic N) is 2. The monoisotopic (exact) mass is 339 g/mol. The van der Waals surface area contributed by atoms with Crippen LogP contribution in [-0.2, 0) is 6.54 Å². The fourth-order valence-corrected chi connectivity index (χ4v) is 2.15.